The van der Waals surface area contributed by atoms with Crippen LogP contribution >= 0.6 is 15.9 Å². The third-order valence-corrected chi connectivity index (χ3v) is 6.55. The molecule has 0 amide bonds. The van der Waals surface area contributed by atoms with Crippen LogP contribution in [-0.2, 0) is 10.0 Å². The summed E-state index contributed by atoms with van der Waals surface area (Å²) >= 11 is 3.38. The molecule has 1 fully saturated rings. The minimum Gasteiger partial charge on any atom is -0.313 e. The van der Waals surface area contributed by atoms with E-state index in [0.717, 1.165) is 15.6 Å². The second-order valence-corrected chi connectivity index (χ2v) is 8.31. The first kappa shape index (κ1) is 16.6. The predicted octanol–water partition coefficient (Wildman–Crippen LogP) is 2.49. The van der Waals surface area contributed by atoms with Crippen LogP contribution < -0.4 is 5.32 Å². The van der Waals surface area contributed by atoms with Crippen molar-refractivity contribution in [2.75, 3.05) is 19.6 Å². The van der Waals surface area contributed by atoms with Crippen molar-refractivity contribution in [3.63, 3.8) is 0 Å². The van der Waals surface area contributed by atoms with Gasteiger partial charge in [-0.05, 0) is 42.3 Å². The Kier molecular flexibility index (Phi) is 4.82. The Balaban J connectivity index is 2.02. The highest BCUT2D eigenvalue weighted by Gasteiger charge is 2.35. The molecule has 1 aromatic heterocycles. The normalized spacial score (nSPS) is 19.7. The van der Waals surface area contributed by atoms with Crippen LogP contribution in [0.4, 0.5) is 0 Å². The van der Waals surface area contributed by atoms with E-state index in [1.807, 2.05) is 25.1 Å². The van der Waals surface area contributed by atoms with Crippen LogP contribution in [0, 0.1) is 6.92 Å². The average molecular weight is 396 g/mol. The number of aromatic nitrogens is 1. The summed E-state index contributed by atoms with van der Waals surface area (Å²) in [5.74, 6) is 0. The second kappa shape index (κ2) is 6.68. The van der Waals surface area contributed by atoms with Crippen molar-refractivity contribution < 1.29 is 8.42 Å². The fourth-order valence-electron chi connectivity index (χ4n) is 2.86. The molecule has 2 aromatic rings. The number of pyridine rings is 1. The smallest absolute Gasteiger partial charge is 0.243 e. The van der Waals surface area contributed by atoms with Crippen molar-refractivity contribution in [3.8, 4) is 0 Å². The summed E-state index contributed by atoms with van der Waals surface area (Å²) in [7, 11) is -3.56. The summed E-state index contributed by atoms with van der Waals surface area (Å²) in [5.41, 5.74) is 1.64. The van der Waals surface area contributed by atoms with Gasteiger partial charge in [-0.3, -0.25) is 4.98 Å². The highest BCUT2D eigenvalue weighted by Crippen LogP contribution is 2.30. The van der Waals surface area contributed by atoms with Gasteiger partial charge in [0.15, 0.2) is 0 Å². The van der Waals surface area contributed by atoms with Crippen molar-refractivity contribution in [3.05, 3.63) is 58.3 Å². The molecule has 0 spiro atoms. The predicted molar refractivity (Wildman–Crippen MR) is 92.6 cm³/mol. The van der Waals surface area contributed by atoms with Gasteiger partial charge in [-0.15, -0.1) is 0 Å². The molecule has 1 aliphatic heterocycles. The molecule has 1 unspecified atom stereocenters. The van der Waals surface area contributed by atoms with E-state index in [0.29, 0.717) is 24.5 Å². The number of nitrogens with one attached hydrogen (secondary N) is 1. The van der Waals surface area contributed by atoms with E-state index < -0.39 is 10.0 Å². The number of hydrogen-bond acceptors (Lipinski definition) is 4. The Morgan fingerprint density at radius 2 is 2.17 bits per heavy atom. The minimum absolute atomic E-state index is 0.245. The Morgan fingerprint density at radius 3 is 2.87 bits per heavy atom. The monoisotopic (exact) mass is 395 g/mol. The SMILES string of the molecule is Cc1cc(Br)ccc1S(=O)(=O)N1CCNCC1c1cccnc1. The average Bonchev–Trinajstić information content (AvgIpc) is 2.55. The number of rotatable bonds is 3. The van der Waals surface area contributed by atoms with Gasteiger partial charge in [0, 0.05) is 36.5 Å². The molecule has 1 saturated heterocycles. The van der Waals surface area contributed by atoms with Gasteiger partial charge in [0.2, 0.25) is 10.0 Å². The zero-order chi connectivity index (χ0) is 16.4. The van der Waals surface area contributed by atoms with Gasteiger partial charge in [0.25, 0.3) is 0 Å². The molecule has 0 radical (unpaired) electrons. The molecule has 1 N–H and O–H groups in total. The number of halogens is 1. The maximum atomic E-state index is 13.2. The van der Waals surface area contributed by atoms with E-state index in [2.05, 4.69) is 26.2 Å². The highest BCUT2D eigenvalue weighted by molar-refractivity contribution is 9.10. The van der Waals surface area contributed by atoms with Crippen LogP contribution in [-0.4, -0.2) is 37.3 Å². The zero-order valence-electron chi connectivity index (χ0n) is 12.7. The molecule has 0 bridgehead atoms. The third-order valence-electron chi connectivity index (χ3n) is 3.99. The fourth-order valence-corrected chi connectivity index (χ4v) is 5.16. The summed E-state index contributed by atoms with van der Waals surface area (Å²) in [4.78, 5) is 4.48. The maximum absolute atomic E-state index is 13.2. The number of aryl methyl sites for hydroxylation is 1. The van der Waals surface area contributed by atoms with Gasteiger partial charge in [-0.2, -0.15) is 4.31 Å². The molecule has 0 aliphatic carbocycles. The zero-order valence-corrected chi connectivity index (χ0v) is 15.1. The molecular weight excluding hydrogens is 378 g/mol. The van der Waals surface area contributed by atoms with Crippen LogP contribution in [0.3, 0.4) is 0 Å². The van der Waals surface area contributed by atoms with Crippen LogP contribution in [0.2, 0.25) is 0 Å². The minimum atomic E-state index is -3.56. The number of sulfonamides is 1. The lowest BCUT2D eigenvalue weighted by Gasteiger charge is -2.35. The molecule has 2 heterocycles. The summed E-state index contributed by atoms with van der Waals surface area (Å²) in [5, 5.41) is 3.27. The lowest BCUT2D eigenvalue weighted by atomic mass is 10.1. The second-order valence-electron chi connectivity index (χ2n) is 5.53. The van der Waals surface area contributed by atoms with Gasteiger partial charge >= 0.3 is 0 Å². The van der Waals surface area contributed by atoms with Crippen LogP contribution in [0.5, 0.6) is 0 Å². The molecular formula is C16H18BrN3O2S. The number of benzene rings is 1. The lowest BCUT2D eigenvalue weighted by molar-refractivity contribution is 0.271. The molecule has 23 heavy (non-hydrogen) atoms. The standard InChI is InChI=1S/C16H18BrN3O2S/c1-12-9-14(17)4-5-16(12)23(21,22)20-8-7-19-11-15(20)13-3-2-6-18-10-13/h2-6,9-10,15,19H,7-8,11H2,1H3. The number of piperazine rings is 1. The van der Waals surface area contributed by atoms with Crippen molar-refractivity contribution in [2.24, 2.45) is 0 Å². The summed E-state index contributed by atoms with van der Waals surface area (Å²) in [6, 6.07) is 8.76. The lowest BCUT2D eigenvalue weighted by Crippen LogP contribution is -2.48. The molecule has 5 nitrogen and oxygen atoms in total. The maximum Gasteiger partial charge on any atom is 0.243 e. The third kappa shape index (κ3) is 3.33. The van der Waals surface area contributed by atoms with Crippen molar-refractivity contribution in [2.45, 2.75) is 17.9 Å². The van der Waals surface area contributed by atoms with E-state index >= 15 is 0 Å². The van der Waals surface area contributed by atoms with Crippen molar-refractivity contribution in [1.82, 2.24) is 14.6 Å². The summed E-state index contributed by atoms with van der Waals surface area (Å²) in [6.45, 7) is 3.49. The van der Waals surface area contributed by atoms with Crippen molar-refractivity contribution in [1.29, 1.82) is 0 Å². The van der Waals surface area contributed by atoms with E-state index in [1.165, 1.54) is 0 Å². The quantitative estimate of drug-likeness (QED) is 0.866. The molecule has 3 rings (SSSR count). The molecule has 0 saturated carbocycles. The first-order valence-electron chi connectivity index (χ1n) is 7.39. The molecule has 1 atom stereocenters. The van der Waals surface area contributed by atoms with E-state index in [-0.39, 0.29) is 6.04 Å². The van der Waals surface area contributed by atoms with Crippen LogP contribution in [0.15, 0.2) is 52.1 Å². The van der Waals surface area contributed by atoms with Crippen LogP contribution in [0.25, 0.3) is 0 Å². The summed E-state index contributed by atoms with van der Waals surface area (Å²) < 4.78 is 28.8. The Morgan fingerprint density at radius 1 is 1.35 bits per heavy atom. The number of nitrogens with zero attached hydrogens (tertiary/aromatic N) is 2. The van der Waals surface area contributed by atoms with Gasteiger partial charge in [-0.25, -0.2) is 8.42 Å². The largest absolute Gasteiger partial charge is 0.313 e. The van der Waals surface area contributed by atoms with E-state index in [1.54, 1.807) is 28.8 Å². The molecule has 1 aliphatic rings. The van der Waals surface area contributed by atoms with Gasteiger partial charge in [0.1, 0.15) is 0 Å². The van der Waals surface area contributed by atoms with Gasteiger partial charge < -0.3 is 5.32 Å². The molecule has 122 valence electrons. The van der Waals surface area contributed by atoms with Gasteiger partial charge in [0.05, 0.1) is 10.9 Å². The Bertz CT molecular complexity index is 796. The molecule has 7 heteroatoms. The van der Waals surface area contributed by atoms with Crippen molar-refractivity contribution >= 4 is 26.0 Å². The number of hydrogen-bond donors (Lipinski definition) is 1. The highest BCUT2D eigenvalue weighted by atomic mass is 79.9. The topological polar surface area (TPSA) is 62.3 Å². The van der Waals surface area contributed by atoms with Crippen LogP contribution in [0.1, 0.15) is 17.2 Å². The van der Waals surface area contributed by atoms with E-state index in [4.69, 9.17) is 0 Å². The Labute approximate surface area is 144 Å². The Hall–Kier alpha value is -1.28. The first-order chi connectivity index (χ1) is 11.0. The van der Waals surface area contributed by atoms with E-state index in [9.17, 15) is 8.42 Å². The molecule has 1 aromatic carbocycles. The summed E-state index contributed by atoms with van der Waals surface area (Å²) in [6.07, 6.45) is 3.42. The fraction of sp³-hybridized carbons (Fsp3) is 0.312. The van der Waals surface area contributed by atoms with Gasteiger partial charge in [-0.1, -0.05) is 22.0 Å². The first-order valence-corrected chi connectivity index (χ1v) is 9.62.